The van der Waals surface area contributed by atoms with Gasteiger partial charge in [0.05, 0.1) is 0 Å². The van der Waals surface area contributed by atoms with Gasteiger partial charge in [0.25, 0.3) is 0 Å². The van der Waals surface area contributed by atoms with Gasteiger partial charge in [-0.2, -0.15) is 0 Å². The average molecular weight is 227 g/mol. The van der Waals surface area contributed by atoms with Crippen LogP contribution in [0.1, 0.15) is 12.5 Å². The van der Waals surface area contributed by atoms with Gasteiger partial charge in [-0.15, -0.1) is 0 Å². The van der Waals surface area contributed by atoms with E-state index < -0.39 is 5.54 Å². The largest absolute Gasteiger partial charge is 0.385 e. The molecule has 0 spiro atoms. The third kappa shape index (κ3) is 2.56. The lowest BCUT2D eigenvalue weighted by atomic mass is 9.95. The number of allylic oxidation sites excluding steroid dienone is 3. The number of dihydropyridines is 1. The van der Waals surface area contributed by atoms with Crippen LogP contribution in [-0.4, -0.2) is 11.4 Å². The maximum atomic E-state index is 7.59. The summed E-state index contributed by atoms with van der Waals surface area (Å²) in [4.78, 5) is 0. The second-order valence-electron chi connectivity index (χ2n) is 4.45. The maximum Gasteiger partial charge on any atom is 0.121 e. The first-order chi connectivity index (χ1) is 8.10. The molecule has 1 aliphatic heterocycles. The van der Waals surface area contributed by atoms with E-state index in [1.54, 1.807) is 0 Å². The molecule has 1 unspecified atom stereocenters. The maximum absolute atomic E-state index is 7.59. The third-order valence-electron chi connectivity index (χ3n) is 2.94. The highest BCUT2D eigenvalue weighted by molar-refractivity contribution is 5.89. The van der Waals surface area contributed by atoms with Gasteiger partial charge in [-0.05, 0) is 18.6 Å². The lowest BCUT2D eigenvalue weighted by Crippen LogP contribution is -2.51. The second-order valence-corrected chi connectivity index (χ2v) is 4.45. The van der Waals surface area contributed by atoms with Crippen LogP contribution in [-0.2, 0) is 6.42 Å². The van der Waals surface area contributed by atoms with Crippen molar-refractivity contribution in [2.24, 2.45) is 5.73 Å². The minimum atomic E-state index is -0.557. The van der Waals surface area contributed by atoms with Crippen molar-refractivity contribution in [1.29, 1.82) is 5.41 Å². The molecule has 3 heteroatoms. The minimum absolute atomic E-state index is 0.132. The van der Waals surface area contributed by atoms with E-state index in [1.165, 1.54) is 5.56 Å². The molecule has 88 valence electrons. The molecular weight excluding hydrogens is 210 g/mol. The number of hydrogen-bond acceptors (Lipinski definition) is 2. The van der Waals surface area contributed by atoms with Gasteiger partial charge in [0.2, 0.25) is 0 Å². The Hall–Kier alpha value is -2.03. The Kier molecular flexibility index (Phi) is 3.00. The summed E-state index contributed by atoms with van der Waals surface area (Å²) in [5, 5.41) is 10.9. The molecule has 2 rings (SSSR count). The summed E-state index contributed by atoms with van der Waals surface area (Å²) in [5.74, 6) is 0.132. The summed E-state index contributed by atoms with van der Waals surface area (Å²) in [5.41, 5.74) is 7.37. The number of amidine groups is 1. The van der Waals surface area contributed by atoms with Crippen LogP contribution < -0.4 is 11.1 Å². The molecule has 4 N–H and O–H groups in total. The van der Waals surface area contributed by atoms with E-state index in [-0.39, 0.29) is 5.84 Å². The number of nitrogens with one attached hydrogen (secondary N) is 2. The molecule has 17 heavy (non-hydrogen) atoms. The first-order valence-corrected chi connectivity index (χ1v) is 5.65. The van der Waals surface area contributed by atoms with Gasteiger partial charge < -0.3 is 11.1 Å². The van der Waals surface area contributed by atoms with Crippen LogP contribution in [0.25, 0.3) is 0 Å². The number of rotatable bonds is 3. The van der Waals surface area contributed by atoms with E-state index in [4.69, 9.17) is 11.1 Å². The van der Waals surface area contributed by atoms with E-state index in [0.717, 1.165) is 12.1 Å². The molecule has 3 nitrogen and oxygen atoms in total. The van der Waals surface area contributed by atoms with E-state index in [1.807, 2.05) is 43.4 Å². The van der Waals surface area contributed by atoms with Gasteiger partial charge in [-0.25, -0.2) is 0 Å². The molecule has 1 aliphatic rings. The fourth-order valence-corrected chi connectivity index (χ4v) is 1.85. The van der Waals surface area contributed by atoms with Gasteiger partial charge in [0.1, 0.15) is 11.4 Å². The molecule has 1 aromatic rings. The summed E-state index contributed by atoms with van der Waals surface area (Å²) in [6.07, 6.45) is 6.71. The summed E-state index contributed by atoms with van der Waals surface area (Å²) < 4.78 is 0. The molecule has 0 saturated heterocycles. The third-order valence-corrected chi connectivity index (χ3v) is 2.94. The van der Waals surface area contributed by atoms with E-state index in [0.29, 0.717) is 0 Å². The van der Waals surface area contributed by atoms with Crippen molar-refractivity contribution in [3.05, 3.63) is 59.8 Å². The molecule has 1 heterocycles. The van der Waals surface area contributed by atoms with E-state index in [2.05, 4.69) is 17.4 Å². The van der Waals surface area contributed by atoms with Crippen LogP contribution in [0.5, 0.6) is 0 Å². The number of nitrogens with two attached hydrogens (primary N) is 1. The molecule has 0 bridgehead atoms. The van der Waals surface area contributed by atoms with Crippen molar-refractivity contribution in [3.8, 4) is 0 Å². The van der Waals surface area contributed by atoms with Gasteiger partial charge in [0.15, 0.2) is 0 Å². The van der Waals surface area contributed by atoms with Crippen molar-refractivity contribution >= 4 is 5.84 Å². The van der Waals surface area contributed by atoms with E-state index >= 15 is 0 Å². The van der Waals surface area contributed by atoms with Crippen LogP contribution in [0, 0.1) is 5.41 Å². The highest BCUT2D eigenvalue weighted by Crippen LogP contribution is 2.16. The zero-order chi connectivity index (χ0) is 12.3. The Labute approximate surface area is 102 Å². The van der Waals surface area contributed by atoms with Crippen molar-refractivity contribution in [2.75, 3.05) is 0 Å². The van der Waals surface area contributed by atoms with Crippen molar-refractivity contribution in [2.45, 2.75) is 18.9 Å². The van der Waals surface area contributed by atoms with Gasteiger partial charge in [-0.1, -0.05) is 42.5 Å². The second kappa shape index (κ2) is 4.45. The number of hydrogen-bond donors (Lipinski definition) is 3. The summed E-state index contributed by atoms with van der Waals surface area (Å²) in [6.45, 7) is 1.91. The number of benzene rings is 1. The summed E-state index contributed by atoms with van der Waals surface area (Å²) >= 11 is 0. The average Bonchev–Trinajstić information content (AvgIpc) is 2.30. The van der Waals surface area contributed by atoms with Crippen molar-refractivity contribution in [1.82, 2.24) is 5.32 Å². The predicted octanol–water partition coefficient (Wildman–Crippen LogP) is 1.97. The van der Waals surface area contributed by atoms with Crippen LogP contribution in [0.15, 0.2) is 54.3 Å². The highest BCUT2D eigenvalue weighted by Gasteiger charge is 2.26. The lowest BCUT2D eigenvalue weighted by Gasteiger charge is -2.31. The highest BCUT2D eigenvalue weighted by atomic mass is 15.0. The van der Waals surface area contributed by atoms with Crippen LogP contribution in [0.3, 0.4) is 0 Å². The molecule has 1 atom stereocenters. The van der Waals surface area contributed by atoms with Crippen LogP contribution in [0.2, 0.25) is 0 Å². The fraction of sp³-hybridized carbons (Fsp3) is 0.214. The Morgan fingerprint density at radius 2 is 2.06 bits per heavy atom. The van der Waals surface area contributed by atoms with Gasteiger partial charge in [0, 0.05) is 12.1 Å². The van der Waals surface area contributed by atoms with E-state index in [9.17, 15) is 0 Å². The molecule has 1 aromatic carbocycles. The normalized spacial score (nSPS) is 22.8. The van der Waals surface area contributed by atoms with Gasteiger partial charge >= 0.3 is 0 Å². The Balaban J connectivity index is 2.12. The molecule has 0 aromatic heterocycles. The summed E-state index contributed by atoms with van der Waals surface area (Å²) in [7, 11) is 0. The smallest absolute Gasteiger partial charge is 0.121 e. The monoisotopic (exact) mass is 227 g/mol. The lowest BCUT2D eigenvalue weighted by molar-refractivity contribution is 0.599. The van der Waals surface area contributed by atoms with Crippen LogP contribution >= 0.6 is 0 Å². The Morgan fingerprint density at radius 3 is 2.71 bits per heavy atom. The van der Waals surface area contributed by atoms with Crippen LogP contribution in [0.4, 0.5) is 0 Å². The molecule has 0 aliphatic carbocycles. The van der Waals surface area contributed by atoms with Crippen molar-refractivity contribution < 1.29 is 0 Å². The predicted molar refractivity (Wildman–Crippen MR) is 70.8 cm³/mol. The first kappa shape index (κ1) is 11.5. The molecular formula is C14H17N3. The molecule has 0 radical (unpaired) electrons. The Bertz CT molecular complexity index is 474. The topological polar surface area (TPSA) is 61.9 Å². The zero-order valence-corrected chi connectivity index (χ0v) is 9.90. The standard InChI is InChI=1S/C14H17N3/c1-14(13(15)16)9-5-8-12(17-14)10-11-6-3-2-4-7-11/h2-9,17H,10H2,1H3,(H3,15,16). The minimum Gasteiger partial charge on any atom is -0.385 e. The quantitative estimate of drug-likeness (QED) is 0.546. The summed E-state index contributed by atoms with van der Waals surface area (Å²) in [6, 6.07) is 10.2. The molecule has 0 saturated carbocycles. The SMILES string of the molecule is CC1(C(=N)N)C=CC=C(Cc2ccccc2)N1. The Morgan fingerprint density at radius 1 is 1.35 bits per heavy atom. The fourth-order valence-electron chi connectivity index (χ4n) is 1.85. The molecule has 0 fully saturated rings. The zero-order valence-electron chi connectivity index (χ0n) is 9.90. The first-order valence-electron chi connectivity index (χ1n) is 5.65. The molecule has 0 amide bonds. The van der Waals surface area contributed by atoms with Crippen molar-refractivity contribution in [3.63, 3.8) is 0 Å². The van der Waals surface area contributed by atoms with Gasteiger partial charge in [-0.3, -0.25) is 5.41 Å².